The summed E-state index contributed by atoms with van der Waals surface area (Å²) in [6, 6.07) is -0.0594. The number of carbonyl (C=O) groups is 1. The van der Waals surface area contributed by atoms with Gasteiger partial charge in [-0.05, 0) is 26.7 Å². The van der Waals surface area contributed by atoms with Crippen LogP contribution in [0.5, 0.6) is 0 Å². The van der Waals surface area contributed by atoms with Gasteiger partial charge in [0.1, 0.15) is 6.04 Å². The Morgan fingerprint density at radius 1 is 1.64 bits per heavy atom. The molecule has 0 amide bonds. The molecule has 78 valence electrons. The maximum Gasteiger partial charge on any atom is 0.323 e. The molecule has 0 aliphatic carbocycles. The fourth-order valence-electron chi connectivity index (χ4n) is 1.70. The van der Waals surface area contributed by atoms with Gasteiger partial charge in [-0.2, -0.15) is 0 Å². The zero-order valence-corrected chi connectivity index (χ0v) is 8.88. The number of rotatable bonds is 3. The number of nitrogens with zero attached hydrogens (tertiary/aromatic N) is 1. The number of hydrogen-bond donors (Lipinski definition) is 0. The lowest BCUT2D eigenvalue weighted by atomic mass is 10.2. The van der Waals surface area contributed by atoms with E-state index in [2.05, 4.69) is 16.7 Å². The smallest absolute Gasteiger partial charge is 0.323 e. The second-order valence-electron chi connectivity index (χ2n) is 3.31. The number of likely N-dealkylation sites (tertiary alicyclic amines) is 1. The van der Waals surface area contributed by atoms with Crippen molar-refractivity contribution in [3.8, 4) is 11.8 Å². The molecule has 0 saturated carbocycles. The van der Waals surface area contributed by atoms with Crippen molar-refractivity contribution in [2.75, 3.05) is 19.7 Å². The van der Waals surface area contributed by atoms with Crippen LogP contribution in [0.25, 0.3) is 0 Å². The van der Waals surface area contributed by atoms with Gasteiger partial charge in [0.2, 0.25) is 0 Å². The number of hydrogen-bond acceptors (Lipinski definition) is 3. The summed E-state index contributed by atoms with van der Waals surface area (Å²) in [4.78, 5) is 13.6. The van der Waals surface area contributed by atoms with E-state index >= 15 is 0 Å². The van der Waals surface area contributed by atoms with Crippen molar-refractivity contribution in [1.82, 2.24) is 4.90 Å². The standard InChI is InChI=1S/C11H17NO2/c1-3-5-8-12-9-6-7-10(12)11(13)14-4-2/h10H,4,6-9H2,1-2H3. The van der Waals surface area contributed by atoms with Gasteiger partial charge in [-0.15, -0.1) is 5.92 Å². The molecule has 0 bridgehead atoms. The Hall–Kier alpha value is -1.01. The lowest BCUT2D eigenvalue weighted by Crippen LogP contribution is -2.37. The molecule has 0 N–H and O–H groups in total. The van der Waals surface area contributed by atoms with Gasteiger partial charge in [-0.1, -0.05) is 5.92 Å². The molecular formula is C11H17NO2. The van der Waals surface area contributed by atoms with E-state index in [1.165, 1.54) is 0 Å². The number of carbonyl (C=O) groups excluding carboxylic acids is 1. The van der Waals surface area contributed by atoms with Gasteiger partial charge in [0.25, 0.3) is 0 Å². The Bertz CT molecular complexity index is 252. The van der Waals surface area contributed by atoms with Crippen molar-refractivity contribution in [2.24, 2.45) is 0 Å². The molecule has 1 unspecified atom stereocenters. The van der Waals surface area contributed by atoms with Crippen molar-refractivity contribution >= 4 is 5.97 Å². The summed E-state index contributed by atoms with van der Waals surface area (Å²) in [5, 5.41) is 0. The fraction of sp³-hybridized carbons (Fsp3) is 0.727. The summed E-state index contributed by atoms with van der Waals surface area (Å²) in [7, 11) is 0. The Kier molecular flexibility index (Phi) is 4.48. The van der Waals surface area contributed by atoms with Crippen LogP contribution in [0.1, 0.15) is 26.7 Å². The van der Waals surface area contributed by atoms with Crippen molar-refractivity contribution < 1.29 is 9.53 Å². The molecule has 0 aromatic rings. The largest absolute Gasteiger partial charge is 0.465 e. The summed E-state index contributed by atoms with van der Waals surface area (Å²) >= 11 is 0. The molecule has 0 aromatic heterocycles. The summed E-state index contributed by atoms with van der Waals surface area (Å²) in [5.74, 6) is 5.73. The van der Waals surface area contributed by atoms with Crippen LogP contribution in [0, 0.1) is 11.8 Å². The molecule has 1 fully saturated rings. The minimum atomic E-state index is -0.0945. The van der Waals surface area contributed by atoms with E-state index in [4.69, 9.17) is 4.74 Å². The van der Waals surface area contributed by atoms with Gasteiger partial charge >= 0.3 is 5.97 Å². The monoisotopic (exact) mass is 195 g/mol. The van der Waals surface area contributed by atoms with E-state index in [0.717, 1.165) is 19.4 Å². The SMILES string of the molecule is CC#CCN1CCCC1C(=O)OCC. The molecule has 1 saturated heterocycles. The highest BCUT2D eigenvalue weighted by atomic mass is 16.5. The van der Waals surface area contributed by atoms with Gasteiger partial charge < -0.3 is 4.74 Å². The molecule has 3 nitrogen and oxygen atoms in total. The molecule has 14 heavy (non-hydrogen) atoms. The molecule has 1 rings (SSSR count). The molecule has 3 heteroatoms. The Balaban J connectivity index is 2.48. The molecule has 0 radical (unpaired) electrons. The Morgan fingerprint density at radius 2 is 2.43 bits per heavy atom. The lowest BCUT2D eigenvalue weighted by molar-refractivity contribution is -0.148. The average Bonchev–Trinajstić information content (AvgIpc) is 2.63. The van der Waals surface area contributed by atoms with E-state index < -0.39 is 0 Å². The van der Waals surface area contributed by atoms with Crippen LogP contribution in [0.2, 0.25) is 0 Å². The fourth-order valence-corrected chi connectivity index (χ4v) is 1.70. The van der Waals surface area contributed by atoms with E-state index in [1.807, 2.05) is 13.8 Å². The van der Waals surface area contributed by atoms with Crippen LogP contribution in [0.3, 0.4) is 0 Å². The van der Waals surface area contributed by atoms with E-state index in [-0.39, 0.29) is 12.0 Å². The highest BCUT2D eigenvalue weighted by molar-refractivity contribution is 5.76. The van der Waals surface area contributed by atoms with Crippen molar-refractivity contribution in [2.45, 2.75) is 32.7 Å². The minimum Gasteiger partial charge on any atom is -0.465 e. The predicted octanol–water partition coefficient (Wildman–Crippen LogP) is 1.04. The minimum absolute atomic E-state index is 0.0594. The summed E-state index contributed by atoms with van der Waals surface area (Å²) in [6.45, 7) is 5.75. The van der Waals surface area contributed by atoms with Crippen LogP contribution in [0.15, 0.2) is 0 Å². The normalized spacial score (nSPS) is 21.4. The van der Waals surface area contributed by atoms with Gasteiger partial charge in [-0.3, -0.25) is 9.69 Å². The first-order chi connectivity index (χ1) is 6.79. The van der Waals surface area contributed by atoms with E-state index in [1.54, 1.807) is 0 Å². The first-order valence-corrected chi connectivity index (χ1v) is 5.10. The predicted molar refractivity (Wildman–Crippen MR) is 54.7 cm³/mol. The maximum absolute atomic E-state index is 11.5. The van der Waals surface area contributed by atoms with Crippen LogP contribution in [0.4, 0.5) is 0 Å². The Labute approximate surface area is 85.4 Å². The first kappa shape index (κ1) is 11.1. The van der Waals surface area contributed by atoms with E-state index in [9.17, 15) is 4.79 Å². The summed E-state index contributed by atoms with van der Waals surface area (Å²) in [5.41, 5.74) is 0. The molecule has 1 heterocycles. The van der Waals surface area contributed by atoms with Gasteiger partial charge in [-0.25, -0.2) is 0 Å². The third-order valence-electron chi connectivity index (χ3n) is 2.38. The van der Waals surface area contributed by atoms with Crippen LogP contribution in [-0.2, 0) is 9.53 Å². The highest BCUT2D eigenvalue weighted by Crippen LogP contribution is 2.17. The van der Waals surface area contributed by atoms with Gasteiger partial charge in [0, 0.05) is 6.54 Å². The average molecular weight is 195 g/mol. The van der Waals surface area contributed by atoms with Crippen molar-refractivity contribution in [3.05, 3.63) is 0 Å². The second kappa shape index (κ2) is 5.66. The topological polar surface area (TPSA) is 29.5 Å². The lowest BCUT2D eigenvalue weighted by Gasteiger charge is -2.19. The maximum atomic E-state index is 11.5. The third-order valence-corrected chi connectivity index (χ3v) is 2.38. The zero-order chi connectivity index (χ0) is 10.4. The van der Waals surface area contributed by atoms with Crippen LogP contribution >= 0.6 is 0 Å². The third kappa shape index (κ3) is 2.74. The molecule has 0 spiro atoms. The van der Waals surface area contributed by atoms with Gasteiger partial charge in [0.05, 0.1) is 13.2 Å². The molecular weight excluding hydrogens is 178 g/mol. The zero-order valence-electron chi connectivity index (χ0n) is 8.88. The van der Waals surface area contributed by atoms with Crippen LogP contribution < -0.4 is 0 Å². The molecule has 1 atom stereocenters. The summed E-state index contributed by atoms with van der Waals surface area (Å²) < 4.78 is 5.01. The van der Waals surface area contributed by atoms with E-state index in [0.29, 0.717) is 13.2 Å². The summed E-state index contributed by atoms with van der Waals surface area (Å²) in [6.07, 6.45) is 1.97. The molecule has 0 aromatic carbocycles. The molecule has 1 aliphatic rings. The molecule has 1 aliphatic heterocycles. The number of esters is 1. The van der Waals surface area contributed by atoms with Crippen LogP contribution in [-0.4, -0.2) is 36.6 Å². The van der Waals surface area contributed by atoms with Crippen molar-refractivity contribution in [1.29, 1.82) is 0 Å². The highest BCUT2D eigenvalue weighted by Gasteiger charge is 2.30. The number of ether oxygens (including phenoxy) is 1. The van der Waals surface area contributed by atoms with Gasteiger partial charge in [0.15, 0.2) is 0 Å². The quantitative estimate of drug-likeness (QED) is 0.498. The van der Waals surface area contributed by atoms with Crippen molar-refractivity contribution in [3.63, 3.8) is 0 Å². The first-order valence-electron chi connectivity index (χ1n) is 5.10. The second-order valence-corrected chi connectivity index (χ2v) is 3.31. The Morgan fingerprint density at radius 3 is 3.07 bits per heavy atom.